The molecule has 1 unspecified atom stereocenters. The van der Waals surface area contributed by atoms with Gasteiger partial charge in [0.15, 0.2) is 0 Å². The number of hydrogen-bond donors (Lipinski definition) is 0. The maximum atomic E-state index is 5.94. The third-order valence-corrected chi connectivity index (χ3v) is 2.72. The van der Waals surface area contributed by atoms with E-state index in [1.165, 1.54) is 13.0 Å². The zero-order valence-corrected chi connectivity index (χ0v) is 9.63. The molecule has 0 aromatic heterocycles. The van der Waals surface area contributed by atoms with E-state index in [0.29, 0.717) is 12.1 Å². The van der Waals surface area contributed by atoms with E-state index >= 15 is 0 Å². The summed E-state index contributed by atoms with van der Waals surface area (Å²) in [5.41, 5.74) is 0.0957. The molecule has 0 spiro atoms. The zero-order valence-electron chi connectivity index (χ0n) is 9.63. The third kappa shape index (κ3) is 2.96. The molecular formula is C11H23NO. The summed E-state index contributed by atoms with van der Waals surface area (Å²) in [6, 6.07) is 0.651. The molecule has 1 atom stereocenters. The minimum absolute atomic E-state index is 0.0957. The summed E-state index contributed by atoms with van der Waals surface area (Å²) in [4.78, 5) is 2.49. The topological polar surface area (TPSA) is 12.5 Å². The molecule has 1 aliphatic heterocycles. The molecule has 0 amide bonds. The Kier molecular flexibility index (Phi) is 3.36. The lowest BCUT2D eigenvalue weighted by atomic mass is 10.1. The van der Waals surface area contributed by atoms with Crippen LogP contribution in [0.1, 0.15) is 41.0 Å². The molecule has 0 aromatic carbocycles. The summed E-state index contributed by atoms with van der Waals surface area (Å²) in [5.74, 6) is 0. The van der Waals surface area contributed by atoms with Crippen LogP contribution in [0.25, 0.3) is 0 Å². The minimum Gasteiger partial charge on any atom is -0.371 e. The zero-order chi connectivity index (χ0) is 10.1. The molecule has 13 heavy (non-hydrogen) atoms. The highest BCUT2D eigenvalue weighted by Crippen LogP contribution is 2.27. The van der Waals surface area contributed by atoms with Gasteiger partial charge in [-0.15, -0.1) is 0 Å². The average molecular weight is 185 g/mol. The van der Waals surface area contributed by atoms with E-state index in [-0.39, 0.29) is 5.60 Å². The first kappa shape index (κ1) is 11.0. The van der Waals surface area contributed by atoms with Crippen LogP contribution in [0.15, 0.2) is 0 Å². The van der Waals surface area contributed by atoms with Gasteiger partial charge in [0.1, 0.15) is 0 Å². The van der Waals surface area contributed by atoms with Crippen LogP contribution < -0.4 is 0 Å². The third-order valence-electron chi connectivity index (χ3n) is 2.72. The van der Waals surface area contributed by atoms with Crippen LogP contribution in [-0.4, -0.2) is 35.7 Å². The SMILES string of the molecule is CC(C)OC1(C)CCN(C(C)C)C1. The van der Waals surface area contributed by atoms with E-state index in [0.717, 1.165) is 6.54 Å². The fraction of sp³-hybridized carbons (Fsp3) is 1.00. The fourth-order valence-corrected chi connectivity index (χ4v) is 2.07. The Bertz CT molecular complexity index is 167. The highest BCUT2D eigenvalue weighted by atomic mass is 16.5. The van der Waals surface area contributed by atoms with Crippen molar-refractivity contribution in [2.24, 2.45) is 0 Å². The van der Waals surface area contributed by atoms with Gasteiger partial charge in [-0.3, -0.25) is 4.90 Å². The molecule has 0 bridgehead atoms. The van der Waals surface area contributed by atoms with Gasteiger partial charge in [0, 0.05) is 19.1 Å². The molecule has 0 aliphatic carbocycles. The summed E-state index contributed by atoms with van der Waals surface area (Å²) < 4.78 is 5.94. The lowest BCUT2D eigenvalue weighted by molar-refractivity contribution is -0.0611. The Morgan fingerprint density at radius 1 is 1.23 bits per heavy atom. The number of hydrogen-bond acceptors (Lipinski definition) is 2. The van der Waals surface area contributed by atoms with Gasteiger partial charge in [-0.1, -0.05) is 0 Å². The van der Waals surface area contributed by atoms with Gasteiger partial charge >= 0.3 is 0 Å². The predicted octanol–water partition coefficient (Wildman–Crippen LogP) is 2.28. The van der Waals surface area contributed by atoms with E-state index < -0.39 is 0 Å². The average Bonchev–Trinajstić information content (AvgIpc) is 2.29. The summed E-state index contributed by atoms with van der Waals surface area (Å²) in [7, 11) is 0. The number of likely N-dealkylation sites (tertiary alicyclic amines) is 1. The van der Waals surface area contributed by atoms with Crippen molar-refractivity contribution in [1.82, 2.24) is 4.90 Å². The van der Waals surface area contributed by atoms with Gasteiger partial charge in [-0.25, -0.2) is 0 Å². The van der Waals surface area contributed by atoms with Gasteiger partial charge in [-0.2, -0.15) is 0 Å². The Morgan fingerprint density at radius 2 is 1.85 bits per heavy atom. The first-order valence-electron chi connectivity index (χ1n) is 5.35. The summed E-state index contributed by atoms with van der Waals surface area (Å²) in [6.07, 6.45) is 1.51. The van der Waals surface area contributed by atoms with Gasteiger partial charge in [0.05, 0.1) is 11.7 Å². The van der Waals surface area contributed by atoms with Crippen molar-refractivity contribution in [1.29, 1.82) is 0 Å². The van der Waals surface area contributed by atoms with Crippen molar-refractivity contribution >= 4 is 0 Å². The highest BCUT2D eigenvalue weighted by molar-refractivity contribution is 4.89. The van der Waals surface area contributed by atoms with E-state index in [4.69, 9.17) is 4.74 Å². The quantitative estimate of drug-likeness (QED) is 0.669. The standard InChI is InChI=1S/C11H23NO/c1-9(2)12-7-6-11(5,8-12)13-10(3)4/h9-10H,6-8H2,1-5H3. The van der Waals surface area contributed by atoms with Crippen LogP contribution in [0.3, 0.4) is 0 Å². The van der Waals surface area contributed by atoms with E-state index in [1.54, 1.807) is 0 Å². The number of nitrogens with zero attached hydrogens (tertiary/aromatic N) is 1. The second kappa shape index (κ2) is 3.97. The maximum Gasteiger partial charge on any atom is 0.0796 e. The second-order valence-corrected chi connectivity index (χ2v) is 4.93. The molecule has 2 heteroatoms. The molecule has 1 heterocycles. The Morgan fingerprint density at radius 3 is 2.23 bits per heavy atom. The molecule has 2 nitrogen and oxygen atoms in total. The van der Waals surface area contributed by atoms with Crippen LogP contribution in [0, 0.1) is 0 Å². The Hall–Kier alpha value is -0.0800. The molecule has 0 radical (unpaired) electrons. The minimum atomic E-state index is 0.0957. The second-order valence-electron chi connectivity index (χ2n) is 4.93. The van der Waals surface area contributed by atoms with Crippen molar-refractivity contribution < 1.29 is 4.74 Å². The van der Waals surface area contributed by atoms with Gasteiger partial charge in [0.25, 0.3) is 0 Å². The molecular weight excluding hydrogens is 162 g/mol. The van der Waals surface area contributed by atoms with Gasteiger partial charge in [0.2, 0.25) is 0 Å². The summed E-state index contributed by atoms with van der Waals surface area (Å²) >= 11 is 0. The van der Waals surface area contributed by atoms with Crippen LogP contribution in [0.4, 0.5) is 0 Å². The van der Waals surface area contributed by atoms with Gasteiger partial charge in [-0.05, 0) is 41.0 Å². The molecule has 1 aliphatic rings. The Labute approximate surface area is 82.3 Å². The van der Waals surface area contributed by atoms with E-state index in [1.807, 2.05) is 0 Å². The van der Waals surface area contributed by atoms with Crippen LogP contribution in [0.5, 0.6) is 0 Å². The summed E-state index contributed by atoms with van der Waals surface area (Å²) in [5, 5.41) is 0. The largest absolute Gasteiger partial charge is 0.371 e. The first-order chi connectivity index (χ1) is 5.93. The van der Waals surface area contributed by atoms with Crippen LogP contribution in [-0.2, 0) is 4.74 Å². The molecule has 1 saturated heterocycles. The summed E-state index contributed by atoms with van der Waals surface area (Å²) in [6.45, 7) is 13.2. The number of rotatable bonds is 3. The van der Waals surface area contributed by atoms with Crippen molar-refractivity contribution in [3.8, 4) is 0 Å². The lowest BCUT2D eigenvalue weighted by Crippen LogP contribution is -2.37. The molecule has 0 aromatic rings. The normalized spacial score (nSPS) is 30.7. The van der Waals surface area contributed by atoms with Crippen molar-refractivity contribution in [2.45, 2.75) is 58.8 Å². The fourth-order valence-electron chi connectivity index (χ4n) is 2.07. The first-order valence-corrected chi connectivity index (χ1v) is 5.35. The molecule has 78 valence electrons. The highest BCUT2D eigenvalue weighted by Gasteiger charge is 2.36. The monoisotopic (exact) mass is 185 g/mol. The predicted molar refractivity (Wildman–Crippen MR) is 56.0 cm³/mol. The van der Waals surface area contributed by atoms with Gasteiger partial charge < -0.3 is 4.74 Å². The van der Waals surface area contributed by atoms with Crippen molar-refractivity contribution in [3.05, 3.63) is 0 Å². The van der Waals surface area contributed by atoms with Crippen LogP contribution >= 0.6 is 0 Å². The smallest absolute Gasteiger partial charge is 0.0796 e. The van der Waals surface area contributed by atoms with Crippen LogP contribution in [0.2, 0.25) is 0 Å². The molecule has 0 saturated carbocycles. The Balaban J connectivity index is 2.46. The maximum absolute atomic E-state index is 5.94. The molecule has 0 N–H and O–H groups in total. The molecule has 1 fully saturated rings. The lowest BCUT2D eigenvalue weighted by Gasteiger charge is -2.28. The van der Waals surface area contributed by atoms with E-state index in [9.17, 15) is 0 Å². The van der Waals surface area contributed by atoms with Crippen molar-refractivity contribution in [3.63, 3.8) is 0 Å². The van der Waals surface area contributed by atoms with Crippen molar-refractivity contribution in [2.75, 3.05) is 13.1 Å². The number of ether oxygens (including phenoxy) is 1. The molecule has 1 rings (SSSR count). The van der Waals surface area contributed by atoms with E-state index in [2.05, 4.69) is 39.5 Å².